The van der Waals surface area contributed by atoms with Crippen LogP contribution in [-0.4, -0.2) is 56.4 Å². The van der Waals surface area contributed by atoms with Crippen molar-refractivity contribution in [3.8, 4) is 11.5 Å². The van der Waals surface area contributed by atoms with Crippen LogP contribution in [0.2, 0.25) is 0 Å². The SMILES string of the molecule is COc1ccc(OC)c(C(C(=O)O)N2CCNCC2)c1. The van der Waals surface area contributed by atoms with E-state index in [0.29, 0.717) is 30.2 Å². The first-order valence-electron chi connectivity index (χ1n) is 6.57. The molecule has 1 unspecified atom stereocenters. The highest BCUT2D eigenvalue weighted by Gasteiger charge is 2.31. The van der Waals surface area contributed by atoms with Crippen LogP contribution in [0, 0.1) is 0 Å². The topological polar surface area (TPSA) is 71.0 Å². The summed E-state index contributed by atoms with van der Waals surface area (Å²) >= 11 is 0. The van der Waals surface area contributed by atoms with Gasteiger partial charge in [-0.3, -0.25) is 9.69 Å². The highest BCUT2D eigenvalue weighted by molar-refractivity contribution is 5.77. The van der Waals surface area contributed by atoms with Crippen molar-refractivity contribution in [1.29, 1.82) is 0 Å². The van der Waals surface area contributed by atoms with E-state index in [9.17, 15) is 9.90 Å². The van der Waals surface area contributed by atoms with Gasteiger partial charge in [0.05, 0.1) is 14.2 Å². The van der Waals surface area contributed by atoms with Crippen molar-refractivity contribution in [2.75, 3.05) is 40.4 Å². The Kier molecular flexibility index (Phi) is 4.81. The minimum absolute atomic E-state index is 0.566. The van der Waals surface area contributed by atoms with Crippen LogP contribution in [-0.2, 0) is 4.79 Å². The summed E-state index contributed by atoms with van der Waals surface area (Å²) in [5.41, 5.74) is 0.626. The van der Waals surface area contributed by atoms with Crippen molar-refractivity contribution in [1.82, 2.24) is 10.2 Å². The van der Waals surface area contributed by atoms with Crippen molar-refractivity contribution in [2.45, 2.75) is 6.04 Å². The van der Waals surface area contributed by atoms with Crippen molar-refractivity contribution in [2.24, 2.45) is 0 Å². The van der Waals surface area contributed by atoms with Crippen LogP contribution in [0.15, 0.2) is 18.2 Å². The number of nitrogens with zero attached hydrogens (tertiary/aromatic N) is 1. The second-order valence-corrected chi connectivity index (χ2v) is 4.63. The number of aliphatic carboxylic acids is 1. The smallest absolute Gasteiger partial charge is 0.325 e. The van der Waals surface area contributed by atoms with Gasteiger partial charge in [-0.1, -0.05) is 0 Å². The van der Waals surface area contributed by atoms with Gasteiger partial charge in [-0.05, 0) is 18.2 Å². The van der Waals surface area contributed by atoms with Crippen LogP contribution in [0.5, 0.6) is 11.5 Å². The largest absolute Gasteiger partial charge is 0.497 e. The molecule has 2 N–H and O–H groups in total. The maximum atomic E-state index is 11.7. The summed E-state index contributed by atoms with van der Waals surface area (Å²) in [6.45, 7) is 2.96. The van der Waals surface area contributed by atoms with Gasteiger partial charge in [-0.15, -0.1) is 0 Å². The van der Waals surface area contributed by atoms with Gasteiger partial charge < -0.3 is 19.9 Å². The van der Waals surface area contributed by atoms with E-state index in [4.69, 9.17) is 9.47 Å². The molecule has 1 aromatic carbocycles. The lowest BCUT2D eigenvalue weighted by molar-refractivity contribution is -0.144. The number of piperazine rings is 1. The number of nitrogens with one attached hydrogen (secondary N) is 1. The summed E-state index contributed by atoms with van der Waals surface area (Å²) < 4.78 is 10.5. The zero-order valence-corrected chi connectivity index (χ0v) is 11.8. The van der Waals surface area contributed by atoms with Crippen molar-refractivity contribution < 1.29 is 19.4 Å². The summed E-state index contributed by atoms with van der Waals surface area (Å²) in [5, 5.41) is 12.8. The molecule has 1 aliphatic heterocycles. The van der Waals surface area contributed by atoms with Crippen molar-refractivity contribution >= 4 is 5.97 Å². The minimum Gasteiger partial charge on any atom is -0.497 e. The van der Waals surface area contributed by atoms with Gasteiger partial charge in [0.2, 0.25) is 0 Å². The molecule has 1 saturated heterocycles. The lowest BCUT2D eigenvalue weighted by atomic mass is 10.0. The highest BCUT2D eigenvalue weighted by Crippen LogP contribution is 2.33. The molecule has 0 saturated carbocycles. The molecule has 0 aliphatic carbocycles. The van der Waals surface area contributed by atoms with Crippen LogP contribution in [0.4, 0.5) is 0 Å². The molecule has 6 heteroatoms. The van der Waals surface area contributed by atoms with Gasteiger partial charge >= 0.3 is 5.97 Å². The number of benzene rings is 1. The summed E-state index contributed by atoms with van der Waals surface area (Å²) in [6.07, 6.45) is 0. The maximum absolute atomic E-state index is 11.7. The molecule has 1 heterocycles. The fourth-order valence-corrected chi connectivity index (χ4v) is 2.48. The molecule has 0 spiro atoms. The van der Waals surface area contributed by atoms with Gasteiger partial charge in [0.15, 0.2) is 0 Å². The van der Waals surface area contributed by atoms with Crippen LogP contribution in [0.1, 0.15) is 11.6 Å². The quantitative estimate of drug-likeness (QED) is 0.829. The Hall–Kier alpha value is -1.79. The number of rotatable bonds is 5. The molecule has 2 rings (SSSR count). The predicted octanol–water partition coefficient (Wildman–Crippen LogP) is 0.735. The molecule has 0 bridgehead atoms. The van der Waals surface area contributed by atoms with E-state index in [-0.39, 0.29) is 0 Å². The predicted molar refractivity (Wildman–Crippen MR) is 74.4 cm³/mol. The summed E-state index contributed by atoms with van der Waals surface area (Å²) in [7, 11) is 3.11. The van der Waals surface area contributed by atoms with Gasteiger partial charge in [0.1, 0.15) is 17.5 Å². The van der Waals surface area contributed by atoms with Gasteiger partial charge in [-0.25, -0.2) is 0 Å². The molecule has 0 aromatic heterocycles. The molecule has 6 nitrogen and oxygen atoms in total. The third-order valence-electron chi connectivity index (χ3n) is 3.48. The fraction of sp³-hybridized carbons (Fsp3) is 0.500. The molecular formula is C14H20N2O4. The number of carboxylic acids is 1. The lowest BCUT2D eigenvalue weighted by Gasteiger charge is -2.33. The van der Waals surface area contributed by atoms with Crippen LogP contribution < -0.4 is 14.8 Å². The lowest BCUT2D eigenvalue weighted by Crippen LogP contribution is -2.47. The van der Waals surface area contributed by atoms with E-state index in [0.717, 1.165) is 13.1 Å². The van der Waals surface area contributed by atoms with Crippen LogP contribution >= 0.6 is 0 Å². The Bertz CT molecular complexity index is 472. The van der Waals surface area contributed by atoms with E-state index in [1.807, 2.05) is 4.90 Å². The Morgan fingerprint density at radius 3 is 2.55 bits per heavy atom. The van der Waals surface area contributed by atoms with Crippen LogP contribution in [0.25, 0.3) is 0 Å². The van der Waals surface area contributed by atoms with E-state index in [1.165, 1.54) is 0 Å². The van der Waals surface area contributed by atoms with E-state index in [2.05, 4.69) is 5.32 Å². The summed E-state index contributed by atoms with van der Waals surface area (Å²) in [5.74, 6) is 0.317. The third kappa shape index (κ3) is 3.02. The summed E-state index contributed by atoms with van der Waals surface area (Å²) in [4.78, 5) is 13.6. The number of hydrogen-bond acceptors (Lipinski definition) is 5. The molecular weight excluding hydrogens is 260 g/mol. The van der Waals surface area contributed by atoms with E-state index < -0.39 is 12.0 Å². The molecule has 110 valence electrons. The van der Waals surface area contributed by atoms with Crippen LogP contribution in [0.3, 0.4) is 0 Å². The Morgan fingerprint density at radius 1 is 1.30 bits per heavy atom. The first kappa shape index (κ1) is 14.6. The van der Waals surface area contributed by atoms with Gasteiger partial charge in [0, 0.05) is 31.7 Å². The minimum atomic E-state index is -0.876. The summed E-state index contributed by atoms with van der Waals surface area (Å²) in [6, 6.07) is 4.52. The van der Waals surface area contributed by atoms with E-state index >= 15 is 0 Å². The average molecular weight is 280 g/mol. The second kappa shape index (κ2) is 6.58. The van der Waals surface area contributed by atoms with Gasteiger partial charge in [-0.2, -0.15) is 0 Å². The molecule has 20 heavy (non-hydrogen) atoms. The first-order chi connectivity index (χ1) is 9.67. The number of hydrogen-bond donors (Lipinski definition) is 2. The van der Waals surface area contributed by atoms with Crippen molar-refractivity contribution in [3.63, 3.8) is 0 Å². The second-order valence-electron chi connectivity index (χ2n) is 4.63. The third-order valence-corrected chi connectivity index (χ3v) is 3.48. The van der Waals surface area contributed by atoms with E-state index in [1.54, 1.807) is 32.4 Å². The number of carboxylic acid groups (broad SMARTS) is 1. The molecule has 1 fully saturated rings. The molecule has 1 aliphatic rings. The average Bonchev–Trinajstić information content (AvgIpc) is 2.48. The number of ether oxygens (including phenoxy) is 2. The Morgan fingerprint density at radius 2 is 2.00 bits per heavy atom. The molecule has 1 atom stereocenters. The number of methoxy groups -OCH3 is 2. The standard InChI is InChI=1S/C14H20N2O4/c1-19-10-3-4-12(20-2)11(9-10)13(14(17)18)16-7-5-15-6-8-16/h3-4,9,13,15H,5-8H2,1-2H3,(H,17,18). The molecule has 1 aromatic rings. The zero-order chi connectivity index (χ0) is 14.5. The highest BCUT2D eigenvalue weighted by atomic mass is 16.5. The normalized spacial score (nSPS) is 17.5. The van der Waals surface area contributed by atoms with Gasteiger partial charge in [0.25, 0.3) is 0 Å². The zero-order valence-electron chi connectivity index (χ0n) is 11.8. The first-order valence-corrected chi connectivity index (χ1v) is 6.57. The molecule has 0 radical (unpaired) electrons. The Balaban J connectivity index is 2.39. The Labute approximate surface area is 118 Å². The maximum Gasteiger partial charge on any atom is 0.325 e. The fourth-order valence-electron chi connectivity index (χ4n) is 2.48. The number of carbonyl (C=O) groups is 1. The van der Waals surface area contributed by atoms with Crippen molar-refractivity contribution in [3.05, 3.63) is 23.8 Å². The molecule has 0 amide bonds. The monoisotopic (exact) mass is 280 g/mol.